The quantitative estimate of drug-likeness (QED) is 0.657. The molecule has 0 unspecified atom stereocenters. The summed E-state index contributed by atoms with van der Waals surface area (Å²) < 4.78 is 53.7. The second kappa shape index (κ2) is 6.49. The van der Waals surface area contributed by atoms with Gasteiger partial charge in [-0.05, 0) is 36.1 Å². The summed E-state index contributed by atoms with van der Waals surface area (Å²) in [7, 11) is -4.06. The standard InChI is InChI=1S/C17H15F2NO2S2/c1-12-14-9-5-6-10-15(14)23-17(12)20(11-16(18)19)24(21,22)13-7-3-2-4-8-13/h2-10,16H,11H2,1H3. The average molecular weight is 367 g/mol. The minimum Gasteiger partial charge on any atom is -0.251 e. The van der Waals surface area contributed by atoms with Crippen LogP contribution in [-0.2, 0) is 10.0 Å². The molecule has 0 aliphatic rings. The normalized spacial score (nSPS) is 12.0. The molecule has 1 heterocycles. The molecule has 126 valence electrons. The van der Waals surface area contributed by atoms with Crippen molar-refractivity contribution in [1.82, 2.24) is 0 Å². The minimum absolute atomic E-state index is 0.00232. The number of thiophene rings is 1. The van der Waals surface area contributed by atoms with Crippen LogP contribution in [0.5, 0.6) is 0 Å². The molecule has 0 bridgehead atoms. The molecule has 7 heteroatoms. The molecule has 24 heavy (non-hydrogen) atoms. The van der Waals surface area contributed by atoms with Crippen LogP contribution in [0, 0.1) is 6.92 Å². The van der Waals surface area contributed by atoms with Gasteiger partial charge in [0.05, 0.1) is 11.4 Å². The monoisotopic (exact) mass is 367 g/mol. The number of benzene rings is 2. The van der Waals surface area contributed by atoms with Crippen LogP contribution >= 0.6 is 11.3 Å². The molecular formula is C17H15F2NO2S2. The molecule has 3 aromatic rings. The molecule has 0 amide bonds. The number of hydrogen-bond donors (Lipinski definition) is 0. The van der Waals surface area contributed by atoms with E-state index >= 15 is 0 Å². The number of hydrogen-bond acceptors (Lipinski definition) is 3. The Morgan fingerprint density at radius 1 is 1.04 bits per heavy atom. The van der Waals surface area contributed by atoms with Crippen LogP contribution in [0.25, 0.3) is 10.1 Å². The fourth-order valence-corrected chi connectivity index (χ4v) is 5.49. The zero-order valence-electron chi connectivity index (χ0n) is 12.8. The van der Waals surface area contributed by atoms with Gasteiger partial charge >= 0.3 is 0 Å². The Morgan fingerprint density at radius 3 is 2.29 bits per heavy atom. The van der Waals surface area contributed by atoms with E-state index in [1.807, 2.05) is 24.3 Å². The smallest absolute Gasteiger partial charge is 0.251 e. The number of aryl methyl sites for hydroxylation is 1. The summed E-state index contributed by atoms with van der Waals surface area (Å²) in [5, 5.41) is 1.21. The second-order valence-electron chi connectivity index (χ2n) is 5.27. The van der Waals surface area contributed by atoms with Gasteiger partial charge in [0.1, 0.15) is 5.00 Å². The highest BCUT2D eigenvalue weighted by Gasteiger charge is 2.30. The van der Waals surface area contributed by atoms with Gasteiger partial charge in [-0.15, -0.1) is 11.3 Å². The van der Waals surface area contributed by atoms with E-state index in [-0.39, 0.29) is 4.90 Å². The summed E-state index contributed by atoms with van der Waals surface area (Å²) >= 11 is 1.21. The molecule has 0 saturated heterocycles. The molecule has 1 aromatic heterocycles. The van der Waals surface area contributed by atoms with Crippen molar-refractivity contribution in [2.45, 2.75) is 18.2 Å². The van der Waals surface area contributed by atoms with E-state index in [1.54, 1.807) is 25.1 Å². The Kier molecular flexibility index (Phi) is 4.56. The highest BCUT2D eigenvalue weighted by Crippen LogP contribution is 2.40. The number of anilines is 1. The molecule has 0 radical (unpaired) electrons. The van der Waals surface area contributed by atoms with Crippen molar-refractivity contribution in [3.8, 4) is 0 Å². The van der Waals surface area contributed by atoms with Gasteiger partial charge in [-0.3, -0.25) is 4.31 Å². The van der Waals surface area contributed by atoms with Crippen LogP contribution in [0.3, 0.4) is 0 Å². The van der Waals surface area contributed by atoms with Crippen molar-refractivity contribution >= 4 is 36.4 Å². The Labute approximate surface area is 143 Å². The number of halogens is 2. The molecule has 2 aromatic carbocycles. The van der Waals surface area contributed by atoms with Crippen LogP contribution in [0.1, 0.15) is 5.56 Å². The maximum Gasteiger partial charge on any atom is 0.265 e. The van der Waals surface area contributed by atoms with Crippen LogP contribution < -0.4 is 4.31 Å². The summed E-state index contributed by atoms with van der Waals surface area (Å²) in [6.45, 7) is 0.887. The van der Waals surface area contributed by atoms with E-state index in [2.05, 4.69) is 0 Å². The molecule has 0 atom stereocenters. The van der Waals surface area contributed by atoms with Crippen LogP contribution in [0.2, 0.25) is 0 Å². The highest BCUT2D eigenvalue weighted by atomic mass is 32.2. The van der Waals surface area contributed by atoms with Gasteiger partial charge in [-0.1, -0.05) is 36.4 Å². The summed E-state index contributed by atoms with van der Waals surface area (Å²) in [4.78, 5) is 0.00232. The zero-order chi connectivity index (χ0) is 17.3. The average Bonchev–Trinajstić information content (AvgIpc) is 2.90. The maximum absolute atomic E-state index is 13.1. The van der Waals surface area contributed by atoms with Gasteiger partial charge < -0.3 is 0 Å². The van der Waals surface area contributed by atoms with Crippen LogP contribution in [-0.4, -0.2) is 21.4 Å². The first-order valence-corrected chi connectivity index (χ1v) is 9.51. The van der Waals surface area contributed by atoms with E-state index in [4.69, 9.17) is 0 Å². The fourth-order valence-electron chi connectivity index (χ4n) is 2.53. The Morgan fingerprint density at radius 2 is 1.67 bits per heavy atom. The number of nitrogens with zero attached hydrogens (tertiary/aromatic N) is 1. The number of alkyl halides is 2. The van der Waals surface area contributed by atoms with Crippen molar-refractivity contribution in [3.05, 3.63) is 60.2 Å². The Balaban J connectivity index is 2.18. The summed E-state index contributed by atoms with van der Waals surface area (Å²) in [6.07, 6.45) is -2.77. The lowest BCUT2D eigenvalue weighted by molar-refractivity contribution is 0.159. The van der Waals surface area contributed by atoms with E-state index in [9.17, 15) is 17.2 Å². The third-order valence-corrected chi connectivity index (χ3v) is 6.87. The lowest BCUT2D eigenvalue weighted by Crippen LogP contribution is -2.35. The Hall–Kier alpha value is -1.99. The van der Waals surface area contributed by atoms with E-state index in [0.717, 1.165) is 14.4 Å². The van der Waals surface area contributed by atoms with Crippen molar-refractivity contribution in [2.24, 2.45) is 0 Å². The molecule has 0 spiro atoms. The largest absolute Gasteiger partial charge is 0.265 e. The minimum atomic E-state index is -4.06. The third-order valence-electron chi connectivity index (χ3n) is 3.68. The highest BCUT2D eigenvalue weighted by molar-refractivity contribution is 7.93. The van der Waals surface area contributed by atoms with Crippen LogP contribution in [0.15, 0.2) is 59.5 Å². The van der Waals surface area contributed by atoms with Gasteiger partial charge in [0, 0.05) is 4.70 Å². The summed E-state index contributed by atoms with van der Waals surface area (Å²) in [6, 6.07) is 15.1. The number of rotatable bonds is 5. The predicted molar refractivity (Wildman–Crippen MR) is 93.5 cm³/mol. The second-order valence-corrected chi connectivity index (χ2v) is 8.16. The van der Waals surface area contributed by atoms with E-state index in [1.165, 1.54) is 23.5 Å². The van der Waals surface area contributed by atoms with Crippen LogP contribution in [0.4, 0.5) is 13.8 Å². The predicted octanol–water partition coefficient (Wildman–Crippen LogP) is 4.67. The topological polar surface area (TPSA) is 37.4 Å². The molecule has 0 aliphatic carbocycles. The van der Waals surface area contributed by atoms with Gasteiger partial charge in [-0.2, -0.15) is 0 Å². The Bertz CT molecular complexity index is 953. The molecule has 3 nitrogen and oxygen atoms in total. The number of sulfonamides is 1. The van der Waals surface area contributed by atoms with Gasteiger partial charge in [-0.25, -0.2) is 17.2 Å². The van der Waals surface area contributed by atoms with E-state index in [0.29, 0.717) is 10.6 Å². The van der Waals surface area contributed by atoms with Crippen molar-refractivity contribution in [2.75, 3.05) is 10.8 Å². The molecule has 3 rings (SSSR count). The van der Waals surface area contributed by atoms with Crippen molar-refractivity contribution < 1.29 is 17.2 Å². The lowest BCUT2D eigenvalue weighted by atomic mass is 10.2. The van der Waals surface area contributed by atoms with Gasteiger partial charge in [0.2, 0.25) is 0 Å². The molecular weight excluding hydrogens is 352 g/mol. The van der Waals surface area contributed by atoms with Gasteiger partial charge in [0.25, 0.3) is 16.4 Å². The zero-order valence-corrected chi connectivity index (χ0v) is 14.4. The molecule has 0 saturated carbocycles. The molecule has 0 N–H and O–H groups in total. The molecule has 0 fully saturated rings. The first-order chi connectivity index (χ1) is 11.4. The summed E-state index contributed by atoms with van der Waals surface area (Å²) in [5.74, 6) is 0. The lowest BCUT2D eigenvalue weighted by Gasteiger charge is -2.23. The van der Waals surface area contributed by atoms with Gasteiger partial charge in [0.15, 0.2) is 0 Å². The SMILES string of the molecule is Cc1c(N(CC(F)F)S(=O)(=O)c2ccccc2)sc2ccccc12. The third kappa shape index (κ3) is 3.01. The maximum atomic E-state index is 13.1. The fraction of sp³-hybridized carbons (Fsp3) is 0.176. The first-order valence-electron chi connectivity index (χ1n) is 7.25. The molecule has 0 aliphatic heterocycles. The number of fused-ring (bicyclic) bond motifs is 1. The van der Waals surface area contributed by atoms with Crippen molar-refractivity contribution in [1.29, 1.82) is 0 Å². The van der Waals surface area contributed by atoms with Crippen molar-refractivity contribution in [3.63, 3.8) is 0 Å². The summed E-state index contributed by atoms with van der Waals surface area (Å²) in [5.41, 5.74) is 0.691. The first kappa shape index (κ1) is 16.9. The van der Waals surface area contributed by atoms with E-state index < -0.39 is 23.0 Å².